The summed E-state index contributed by atoms with van der Waals surface area (Å²) in [5.41, 5.74) is 0.996. The largest absolute Gasteiger partial charge is 0.464 e. The van der Waals surface area contributed by atoms with Gasteiger partial charge in [0.2, 0.25) is 0 Å². The third kappa shape index (κ3) is 1.95. The minimum absolute atomic E-state index is 0.123. The van der Waals surface area contributed by atoms with E-state index in [0.717, 1.165) is 0 Å². The maximum atomic E-state index is 11.2. The Morgan fingerprint density at radius 1 is 1.79 bits per heavy atom. The Morgan fingerprint density at radius 2 is 2.50 bits per heavy atom. The molecule has 4 heteroatoms. The minimum Gasteiger partial charge on any atom is -0.464 e. The molecule has 74 valence electrons. The summed E-state index contributed by atoms with van der Waals surface area (Å²) < 4.78 is 6.14. The van der Waals surface area contributed by atoms with Crippen molar-refractivity contribution >= 4 is 5.97 Å². The van der Waals surface area contributed by atoms with Crippen LogP contribution in [0.5, 0.6) is 0 Å². The first-order chi connectivity index (χ1) is 6.72. The number of ether oxygens (including phenoxy) is 1. The molecule has 0 bridgehead atoms. The van der Waals surface area contributed by atoms with Gasteiger partial charge in [0.15, 0.2) is 0 Å². The van der Waals surface area contributed by atoms with Gasteiger partial charge in [0.25, 0.3) is 0 Å². The van der Waals surface area contributed by atoms with Crippen LogP contribution in [0.25, 0.3) is 0 Å². The molecule has 0 atom stereocenters. The molecule has 0 spiro atoms. The van der Waals surface area contributed by atoms with E-state index in [0.29, 0.717) is 11.3 Å². The predicted molar refractivity (Wildman–Crippen MR) is 50.5 cm³/mol. The number of rotatable bonds is 3. The van der Waals surface area contributed by atoms with Crippen molar-refractivity contribution in [1.29, 1.82) is 0 Å². The van der Waals surface area contributed by atoms with Gasteiger partial charge in [-0.25, -0.2) is 4.79 Å². The van der Waals surface area contributed by atoms with E-state index in [-0.39, 0.29) is 13.2 Å². The molecule has 1 aromatic heterocycles. The standard InChI is InChI=1S/C10H11NO3/c1-3-4-11-6-8(7-12)5-9(11)10(13)14-2/h1,5-6,12H,4,7H2,2H3. The first-order valence-electron chi connectivity index (χ1n) is 4.04. The van der Waals surface area contributed by atoms with Crippen molar-refractivity contribution in [3.63, 3.8) is 0 Å². The predicted octanol–water partition coefficient (Wildman–Crippen LogP) is 0.400. The van der Waals surface area contributed by atoms with Gasteiger partial charge in [-0.05, 0) is 11.6 Å². The second kappa shape index (κ2) is 4.49. The van der Waals surface area contributed by atoms with Gasteiger partial charge in [0, 0.05) is 6.20 Å². The Hall–Kier alpha value is -1.73. The van der Waals surface area contributed by atoms with E-state index in [9.17, 15) is 4.79 Å². The van der Waals surface area contributed by atoms with E-state index in [1.54, 1.807) is 16.8 Å². The van der Waals surface area contributed by atoms with Crippen LogP contribution in [0.2, 0.25) is 0 Å². The van der Waals surface area contributed by atoms with Crippen molar-refractivity contribution in [1.82, 2.24) is 4.57 Å². The van der Waals surface area contributed by atoms with Gasteiger partial charge in [0.1, 0.15) is 5.69 Å². The average molecular weight is 193 g/mol. The van der Waals surface area contributed by atoms with E-state index >= 15 is 0 Å². The van der Waals surface area contributed by atoms with Gasteiger partial charge >= 0.3 is 5.97 Å². The zero-order valence-corrected chi connectivity index (χ0v) is 7.86. The van der Waals surface area contributed by atoms with Gasteiger partial charge in [-0.15, -0.1) is 6.42 Å². The summed E-state index contributed by atoms with van der Waals surface area (Å²) in [6, 6.07) is 1.56. The van der Waals surface area contributed by atoms with E-state index in [1.807, 2.05) is 0 Å². The highest BCUT2D eigenvalue weighted by Gasteiger charge is 2.12. The fourth-order valence-electron chi connectivity index (χ4n) is 1.16. The molecule has 0 saturated carbocycles. The lowest BCUT2D eigenvalue weighted by atomic mass is 10.3. The SMILES string of the molecule is C#CCn1cc(CO)cc1C(=O)OC. The Labute approximate surface area is 82.1 Å². The third-order valence-corrected chi connectivity index (χ3v) is 1.79. The number of aromatic nitrogens is 1. The molecule has 14 heavy (non-hydrogen) atoms. The van der Waals surface area contributed by atoms with Crippen LogP contribution in [-0.2, 0) is 17.9 Å². The van der Waals surface area contributed by atoms with Gasteiger partial charge in [-0.2, -0.15) is 0 Å². The van der Waals surface area contributed by atoms with Crippen molar-refractivity contribution in [2.24, 2.45) is 0 Å². The van der Waals surface area contributed by atoms with Crippen LogP contribution < -0.4 is 0 Å². The highest BCUT2D eigenvalue weighted by atomic mass is 16.5. The normalized spacial score (nSPS) is 9.50. The Morgan fingerprint density at radius 3 is 3.00 bits per heavy atom. The Kier molecular flexibility index (Phi) is 3.32. The van der Waals surface area contributed by atoms with Crippen LogP contribution in [0.4, 0.5) is 0 Å². The molecule has 0 aliphatic heterocycles. The van der Waals surface area contributed by atoms with Crippen LogP contribution in [-0.4, -0.2) is 22.8 Å². The first-order valence-corrected chi connectivity index (χ1v) is 4.04. The van der Waals surface area contributed by atoms with Gasteiger partial charge < -0.3 is 14.4 Å². The molecule has 0 aliphatic rings. The van der Waals surface area contributed by atoms with E-state index in [1.165, 1.54) is 7.11 Å². The fourth-order valence-corrected chi connectivity index (χ4v) is 1.16. The zero-order valence-electron chi connectivity index (χ0n) is 7.86. The number of carbonyl (C=O) groups excluding carboxylic acids is 1. The maximum absolute atomic E-state index is 11.2. The number of carbonyl (C=O) groups is 1. The number of hydrogen-bond acceptors (Lipinski definition) is 3. The molecule has 0 unspecified atom stereocenters. The number of aliphatic hydroxyl groups is 1. The van der Waals surface area contributed by atoms with Crippen LogP contribution in [0, 0.1) is 12.3 Å². The summed E-state index contributed by atoms with van der Waals surface area (Å²) in [5.74, 6) is 1.96. The molecule has 0 fully saturated rings. The lowest BCUT2D eigenvalue weighted by Gasteiger charge is -2.02. The van der Waals surface area contributed by atoms with Crippen molar-refractivity contribution < 1.29 is 14.6 Å². The van der Waals surface area contributed by atoms with Crippen molar-refractivity contribution in [2.45, 2.75) is 13.2 Å². The summed E-state index contributed by atoms with van der Waals surface area (Å²) in [6.45, 7) is 0.159. The lowest BCUT2D eigenvalue weighted by molar-refractivity contribution is 0.0589. The van der Waals surface area contributed by atoms with Crippen molar-refractivity contribution in [3.05, 3.63) is 23.5 Å². The highest BCUT2D eigenvalue weighted by Crippen LogP contribution is 2.09. The topological polar surface area (TPSA) is 51.5 Å². The Bertz CT molecular complexity index is 373. The van der Waals surface area contributed by atoms with Crippen LogP contribution >= 0.6 is 0 Å². The Balaban J connectivity index is 3.06. The smallest absolute Gasteiger partial charge is 0.354 e. The van der Waals surface area contributed by atoms with Gasteiger partial charge in [0.05, 0.1) is 20.3 Å². The number of esters is 1. The molecular formula is C10H11NO3. The summed E-state index contributed by atoms with van der Waals surface area (Å²) in [5, 5.41) is 8.88. The number of aliphatic hydroxyl groups excluding tert-OH is 1. The van der Waals surface area contributed by atoms with E-state index < -0.39 is 5.97 Å². The molecule has 0 radical (unpaired) electrons. The second-order valence-electron chi connectivity index (χ2n) is 2.72. The maximum Gasteiger partial charge on any atom is 0.354 e. The third-order valence-electron chi connectivity index (χ3n) is 1.79. The molecule has 0 aliphatic carbocycles. The van der Waals surface area contributed by atoms with Gasteiger partial charge in [-0.1, -0.05) is 5.92 Å². The quantitative estimate of drug-likeness (QED) is 0.558. The summed E-state index contributed by atoms with van der Waals surface area (Å²) in [6.07, 6.45) is 6.77. The number of methoxy groups -OCH3 is 1. The molecule has 1 N–H and O–H groups in total. The molecular weight excluding hydrogens is 182 g/mol. The lowest BCUT2D eigenvalue weighted by Crippen LogP contribution is -2.09. The molecule has 1 rings (SSSR count). The molecule has 0 amide bonds. The van der Waals surface area contributed by atoms with E-state index in [4.69, 9.17) is 11.5 Å². The highest BCUT2D eigenvalue weighted by molar-refractivity contribution is 5.88. The number of nitrogens with zero attached hydrogens (tertiary/aromatic N) is 1. The second-order valence-corrected chi connectivity index (χ2v) is 2.72. The number of hydrogen-bond donors (Lipinski definition) is 1. The van der Waals surface area contributed by atoms with Crippen molar-refractivity contribution in [2.75, 3.05) is 7.11 Å². The average Bonchev–Trinajstić information content (AvgIpc) is 2.61. The van der Waals surface area contributed by atoms with E-state index in [2.05, 4.69) is 10.7 Å². The van der Waals surface area contributed by atoms with Gasteiger partial charge in [-0.3, -0.25) is 0 Å². The van der Waals surface area contributed by atoms with Crippen LogP contribution in [0.3, 0.4) is 0 Å². The van der Waals surface area contributed by atoms with Crippen LogP contribution in [0.1, 0.15) is 16.1 Å². The van der Waals surface area contributed by atoms with Crippen LogP contribution in [0.15, 0.2) is 12.3 Å². The monoisotopic (exact) mass is 193 g/mol. The first kappa shape index (κ1) is 10.4. The molecule has 0 aromatic carbocycles. The molecule has 1 heterocycles. The zero-order chi connectivity index (χ0) is 10.6. The number of terminal acetylenes is 1. The molecule has 4 nitrogen and oxygen atoms in total. The summed E-state index contributed by atoms with van der Waals surface area (Å²) >= 11 is 0. The minimum atomic E-state index is -0.458. The molecule has 0 saturated heterocycles. The molecule has 1 aromatic rings. The fraction of sp³-hybridized carbons (Fsp3) is 0.300. The summed E-state index contributed by atoms with van der Waals surface area (Å²) in [4.78, 5) is 11.2. The summed E-state index contributed by atoms with van der Waals surface area (Å²) in [7, 11) is 1.30. The van der Waals surface area contributed by atoms with Crippen molar-refractivity contribution in [3.8, 4) is 12.3 Å².